The molecule has 0 saturated heterocycles. The first-order chi connectivity index (χ1) is 29.4. The Morgan fingerprint density at radius 3 is 1.97 bits per heavy atom. The van der Waals surface area contributed by atoms with Gasteiger partial charge in [0.25, 0.3) is 0 Å². The molecule has 0 fully saturated rings. The normalized spacial score (nSPS) is 14.5. The van der Waals surface area contributed by atoms with Crippen LogP contribution in [0.3, 0.4) is 0 Å². The first-order valence-electron chi connectivity index (χ1n) is 20.1. The van der Waals surface area contributed by atoms with Crippen molar-refractivity contribution in [1.29, 1.82) is 0 Å². The first kappa shape index (κ1) is 39.0. The number of hydrogen-bond donors (Lipinski definition) is 4. The number of benzene rings is 7. The molecule has 6 nitrogen and oxygen atoms in total. The van der Waals surface area contributed by atoms with E-state index in [1.807, 2.05) is 78.9 Å². The first-order valence-corrected chi connectivity index (χ1v) is 20.1. The molecular formula is C54H41BO6. The van der Waals surface area contributed by atoms with Crippen molar-refractivity contribution < 1.29 is 29.6 Å². The van der Waals surface area contributed by atoms with Gasteiger partial charge in [-0.25, -0.2) is 4.79 Å². The number of aromatic carboxylic acids is 1. The van der Waals surface area contributed by atoms with E-state index in [0.717, 1.165) is 44.7 Å². The number of carbonyl (C=O) groups is 1. The molecule has 1 heterocycles. The second-order valence-corrected chi connectivity index (χ2v) is 15.8. The van der Waals surface area contributed by atoms with Crippen molar-refractivity contribution in [3.63, 3.8) is 0 Å². The highest BCUT2D eigenvalue weighted by Crippen LogP contribution is 2.49. The van der Waals surface area contributed by atoms with Crippen LogP contribution in [0.5, 0.6) is 0 Å². The quantitative estimate of drug-likeness (QED) is 0.0692. The fourth-order valence-corrected chi connectivity index (χ4v) is 8.82. The molecule has 4 N–H and O–H groups in total. The number of carboxylic acids is 1. The lowest BCUT2D eigenvalue weighted by Crippen LogP contribution is -2.14. The molecule has 1 aliphatic rings. The van der Waals surface area contributed by atoms with Crippen LogP contribution < -0.4 is 0 Å². The SMILES string of the molecule is [B]/C(C)=C(\O)c1c(C(=C)O)c(-c2ccc(-c3ccc4ccccc4c3)cc2)c(C(=O)O)c(/C(O)=C(\C)c2ccccc2)c1-c1ccc2oc3cc4c(cc3c2c1)C=CCC4C. The van der Waals surface area contributed by atoms with E-state index in [-0.39, 0.29) is 44.6 Å². The number of allylic oxidation sites excluding steroid dienone is 3. The summed E-state index contributed by atoms with van der Waals surface area (Å²) < 4.78 is 6.40. The standard InChI is InChI=1S/C54H41BO6/c1-29-11-10-16-39-26-43-42-27-40(23-24-44(42)61-45(43)28-41(29)39)48-49(53(58)31(3)55)46(32(4)56)47(51(54(59)60)50(48)52(57)30(2)33-12-6-5-7-13-33)36-20-17-35(18-21-36)38-22-19-34-14-8-9-15-37(34)25-38/h5-10,12-29,56-58H,4,11H2,1-3H3,(H,59,60)/b52-30-,53-31-. The third kappa shape index (κ3) is 6.69. The summed E-state index contributed by atoms with van der Waals surface area (Å²) in [5.41, 5.74) is 7.06. The maximum Gasteiger partial charge on any atom is 0.337 e. The minimum absolute atomic E-state index is 0.000927. The van der Waals surface area contributed by atoms with Gasteiger partial charge in [-0.05, 0) is 112 Å². The van der Waals surface area contributed by atoms with Crippen LogP contribution in [-0.4, -0.2) is 34.2 Å². The molecule has 0 aliphatic heterocycles. The van der Waals surface area contributed by atoms with Gasteiger partial charge in [-0.15, -0.1) is 0 Å². The van der Waals surface area contributed by atoms with Gasteiger partial charge in [0.05, 0.1) is 5.56 Å². The summed E-state index contributed by atoms with van der Waals surface area (Å²) in [6.45, 7) is 9.34. The largest absolute Gasteiger partial charge is 0.508 e. The summed E-state index contributed by atoms with van der Waals surface area (Å²) in [6, 6.07) is 40.3. The van der Waals surface area contributed by atoms with E-state index < -0.39 is 17.5 Å². The second kappa shape index (κ2) is 15.3. The van der Waals surface area contributed by atoms with Crippen molar-refractivity contribution in [2.45, 2.75) is 33.1 Å². The Morgan fingerprint density at radius 2 is 1.26 bits per heavy atom. The van der Waals surface area contributed by atoms with E-state index in [9.17, 15) is 25.2 Å². The molecule has 0 spiro atoms. The number of furan rings is 1. The Kier molecular flexibility index (Phi) is 9.75. The molecule has 1 aliphatic carbocycles. The Bertz CT molecular complexity index is 3220. The average Bonchev–Trinajstić information content (AvgIpc) is 3.63. The highest BCUT2D eigenvalue weighted by atomic mass is 16.4. The molecule has 0 amide bonds. The van der Waals surface area contributed by atoms with Gasteiger partial charge in [-0.2, -0.15) is 0 Å². The van der Waals surface area contributed by atoms with Gasteiger partial charge in [-0.1, -0.05) is 128 Å². The number of rotatable bonds is 8. The number of aliphatic hydroxyl groups excluding tert-OH is 3. The maximum atomic E-state index is 14.0. The molecule has 1 atom stereocenters. The van der Waals surface area contributed by atoms with Gasteiger partial charge >= 0.3 is 5.97 Å². The Morgan fingerprint density at radius 1 is 0.639 bits per heavy atom. The molecule has 0 saturated carbocycles. The summed E-state index contributed by atoms with van der Waals surface area (Å²) in [5, 5.41) is 51.6. The lowest BCUT2D eigenvalue weighted by Gasteiger charge is -2.26. The molecule has 7 heteroatoms. The Hall–Kier alpha value is -7.51. The molecule has 1 aromatic heterocycles. The van der Waals surface area contributed by atoms with Gasteiger partial charge in [0.2, 0.25) is 0 Å². The molecule has 8 aromatic rings. The molecule has 1 unspecified atom stereocenters. The second-order valence-electron chi connectivity index (χ2n) is 15.8. The fraction of sp³-hybridized carbons (Fsp3) is 0.0926. The molecular weight excluding hydrogens is 755 g/mol. The molecule has 2 radical (unpaired) electrons. The summed E-state index contributed by atoms with van der Waals surface area (Å²) in [7, 11) is 6.40. The zero-order chi connectivity index (χ0) is 42.7. The van der Waals surface area contributed by atoms with E-state index in [1.54, 1.807) is 31.2 Å². The van der Waals surface area contributed by atoms with Crippen LogP contribution >= 0.6 is 0 Å². The summed E-state index contributed by atoms with van der Waals surface area (Å²) in [4.78, 5) is 14.0. The fourth-order valence-electron chi connectivity index (χ4n) is 8.82. The van der Waals surface area contributed by atoms with Gasteiger partial charge < -0.3 is 24.8 Å². The zero-order valence-electron chi connectivity index (χ0n) is 34.0. The van der Waals surface area contributed by atoms with E-state index in [4.69, 9.17) is 12.3 Å². The Balaban J connectivity index is 1.39. The monoisotopic (exact) mass is 796 g/mol. The van der Waals surface area contributed by atoms with Gasteiger partial charge in [0.1, 0.15) is 36.3 Å². The molecule has 0 bridgehead atoms. The maximum absolute atomic E-state index is 14.0. The highest BCUT2D eigenvalue weighted by Gasteiger charge is 2.34. The lowest BCUT2D eigenvalue weighted by atomic mass is 9.77. The number of fused-ring (bicyclic) bond motifs is 5. The predicted octanol–water partition coefficient (Wildman–Crippen LogP) is 14.3. The third-order valence-electron chi connectivity index (χ3n) is 11.9. The van der Waals surface area contributed by atoms with E-state index in [0.29, 0.717) is 39.3 Å². The van der Waals surface area contributed by atoms with Crippen LogP contribution in [0, 0.1) is 0 Å². The predicted molar refractivity (Wildman–Crippen MR) is 251 cm³/mol. The van der Waals surface area contributed by atoms with Crippen LogP contribution in [0.2, 0.25) is 0 Å². The van der Waals surface area contributed by atoms with Crippen molar-refractivity contribution in [1.82, 2.24) is 0 Å². The van der Waals surface area contributed by atoms with Gasteiger partial charge in [0.15, 0.2) is 0 Å². The molecule has 296 valence electrons. The van der Waals surface area contributed by atoms with Crippen molar-refractivity contribution in [3.8, 4) is 33.4 Å². The summed E-state index contributed by atoms with van der Waals surface area (Å²) >= 11 is 0. The van der Waals surface area contributed by atoms with Crippen LogP contribution in [0.25, 0.3) is 95.0 Å². The average molecular weight is 797 g/mol. The molecule has 61 heavy (non-hydrogen) atoms. The van der Waals surface area contributed by atoms with Crippen molar-refractivity contribution >= 4 is 75.5 Å². The zero-order valence-corrected chi connectivity index (χ0v) is 34.0. The number of carboxylic acid groups (broad SMARTS) is 1. The van der Waals surface area contributed by atoms with Crippen LogP contribution in [0.4, 0.5) is 0 Å². The van der Waals surface area contributed by atoms with Gasteiger partial charge in [0, 0.05) is 38.6 Å². The minimum atomic E-state index is -1.37. The Labute approximate surface area is 354 Å². The van der Waals surface area contributed by atoms with E-state index >= 15 is 0 Å². The molecule has 7 aromatic carbocycles. The smallest absolute Gasteiger partial charge is 0.337 e. The van der Waals surface area contributed by atoms with E-state index in [1.165, 1.54) is 12.5 Å². The van der Waals surface area contributed by atoms with E-state index in [2.05, 4.69) is 49.9 Å². The molecule has 9 rings (SSSR count). The van der Waals surface area contributed by atoms with Crippen LogP contribution in [0.1, 0.15) is 76.8 Å². The van der Waals surface area contributed by atoms with Crippen molar-refractivity contribution in [2.75, 3.05) is 0 Å². The van der Waals surface area contributed by atoms with Crippen molar-refractivity contribution in [3.05, 3.63) is 184 Å². The summed E-state index contributed by atoms with van der Waals surface area (Å²) in [6.07, 6.45) is 5.20. The number of hydrogen-bond acceptors (Lipinski definition) is 5. The third-order valence-corrected chi connectivity index (χ3v) is 11.9. The van der Waals surface area contributed by atoms with Gasteiger partial charge in [-0.3, -0.25) is 0 Å². The highest BCUT2D eigenvalue weighted by molar-refractivity contribution is 6.25. The summed E-state index contributed by atoms with van der Waals surface area (Å²) in [5.74, 6) is -2.30. The van der Waals surface area contributed by atoms with Crippen LogP contribution in [-0.2, 0) is 0 Å². The number of aliphatic hydroxyl groups is 3. The van der Waals surface area contributed by atoms with Crippen molar-refractivity contribution in [2.24, 2.45) is 0 Å². The topological polar surface area (TPSA) is 111 Å². The van der Waals surface area contributed by atoms with Crippen LogP contribution in [0.15, 0.2) is 150 Å². The minimum Gasteiger partial charge on any atom is -0.508 e. The lowest BCUT2D eigenvalue weighted by molar-refractivity contribution is 0.0697.